The Bertz CT molecular complexity index is 369. The second-order valence-electron chi connectivity index (χ2n) is 6.26. The van der Waals surface area contributed by atoms with Gasteiger partial charge in [-0.1, -0.05) is 20.8 Å². The summed E-state index contributed by atoms with van der Waals surface area (Å²) in [4.78, 5) is 0. The molecule has 17 heavy (non-hydrogen) atoms. The molecule has 1 saturated carbocycles. The molecule has 0 heterocycles. The van der Waals surface area contributed by atoms with Gasteiger partial charge in [0.05, 0.1) is 0 Å². The molecule has 0 spiro atoms. The fraction of sp³-hybridized carbons (Fsp3) is 0.600. The van der Waals surface area contributed by atoms with Crippen molar-refractivity contribution in [1.82, 2.24) is 0 Å². The van der Waals surface area contributed by atoms with Crippen LogP contribution < -0.4 is 5.32 Å². The molecular weight excluding hydrogens is 321 g/mol. The number of hydrogen-bond donors (Lipinski definition) is 1. The Kier molecular flexibility index (Phi) is 4.01. The average molecular weight is 343 g/mol. The normalized spacial score (nSPS) is 27.8. The number of anilines is 1. The molecule has 2 heteroatoms. The minimum atomic E-state index is 0.485. The molecule has 1 aliphatic carbocycles. The zero-order valence-corrected chi connectivity index (χ0v) is 13.1. The molecule has 0 aromatic heterocycles. The van der Waals surface area contributed by atoms with Gasteiger partial charge in [0.15, 0.2) is 0 Å². The molecule has 1 aromatic carbocycles. The van der Waals surface area contributed by atoms with Crippen molar-refractivity contribution in [1.29, 1.82) is 0 Å². The quantitative estimate of drug-likeness (QED) is 0.752. The topological polar surface area (TPSA) is 12.0 Å². The molecule has 2 rings (SSSR count). The molecule has 1 aliphatic rings. The fourth-order valence-corrected chi connectivity index (χ4v) is 3.60. The van der Waals surface area contributed by atoms with Gasteiger partial charge in [-0.2, -0.15) is 0 Å². The van der Waals surface area contributed by atoms with Crippen molar-refractivity contribution in [2.75, 3.05) is 5.32 Å². The highest BCUT2D eigenvalue weighted by molar-refractivity contribution is 14.1. The second-order valence-corrected chi connectivity index (χ2v) is 7.51. The van der Waals surface area contributed by atoms with Gasteiger partial charge in [0.25, 0.3) is 0 Å². The van der Waals surface area contributed by atoms with E-state index in [-0.39, 0.29) is 0 Å². The van der Waals surface area contributed by atoms with Crippen molar-refractivity contribution in [3.63, 3.8) is 0 Å². The van der Waals surface area contributed by atoms with Gasteiger partial charge >= 0.3 is 0 Å². The number of nitrogens with one attached hydrogen (secondary N) is 1. The highest BCUT2D eigenvalue weighted by Crippen LogP contribution is 2.39. The summed E-state index contributed by atoms with van der Waals surface area (Å²) < 4.78 is 1.30. The van der Waals surface area contributed by atoms with Gasteiger partial charge in [-0.05, 0) is 77.5 Å². The van der Waals surface area contributed by atoms with E-state index in [2.05, 4.69) is 72.9 Å². The summed E-state index contributed by atoms with van der Waals surface area (Å²) >= 11 is 2.35. The second kappa shape index (κ2) is 5.17. The maximum atomic E-state index is 3.69. The molecule has 0 aliphatic heterocycles. The average Bonchev–Trinajstić information content (AvgIpc) is 2.18. The lowest BCUT2D eigenvalue weighted by Gasteiger charge is -2.39. The van der Waals surface area contributed by atoms with E-state index in [1.165, 1.54) is 28.5 Å². The van der Waals surface area contributed by atoms with Crippen LogP contribution in [0.3, 0.4) is 0 Å². The first-order chi connectivity index (χ1) is 7.94. The van der Waals surface area contributed by atoms with Gasteiger partial charge in [0.1, 0.15) is 0 Å². The van der Waals surface area contributed by atoms with Crippen molar-refractivity contribution in [3.8, 4) is 0 Å². The zero-order chi connectivity index (χ0) is 12.5. The van der Waals surface area contributed by atoms with Crippen molar-refractivity contribution in [2.45, 2.75) is 46.1 Å². The number of halogens is 1. The van der Waals surface area contributed by atoms with Crippen LogP contribution in [0, 0.1) is 14.9 Å². The maximum absolute atomic E-state index is 3.69. The van der Waals surface area contributed by atoms with E-state index >= 15 is 0 Å². The Morgan fingerprint density at radius 2 is 1.82 bits per heavy atom. The maximum Gasteiger partial charge on any atom is 0.0343 e. The highest BCUT2D eigenvalue weighted by Gasteiger charge is 2.31. The van der Waals surface area contributed by atoms with Crippen molar-refractivity contribution in [3.05, 3.63) is 27.8 Å². The van der Waals surface area contributed by atoms with E-state index in [9.17, 15) is 0 Å². The summed E-state index contributed by atoms with van der Waals surface area (Å²) in [7, 11) is 0. The minimum absolute atomic E-state index is 0.485. The summed E-state index contributed by atoms with van der Waals surface area (Å²) in [5, 5.41) is 3.69. The monoisotopic (exact) mass is 343 g/mol. The Morgan fingerprint density at radius 1 is 1.18 bits per heavy atom. The third-order valence-corrected chi connectivity index (χ3v) is 4.32. The van der Waals surface area contributed by atoms with Gasteiger partial charge in [-0.15, -0.1) is 0 Å². The molecule has 0 amide bonds. The predicted molar refractivity (Wildman–Crippen MR) is 83.4 cm³/mol. The largest absolute Gasteiger partial charge is 0.382 e. The van der Waals surface area contributed by atoms with E-state index in [1.807, 2.05) is 0 Å². The molecule has 0 bridgehead atoms. The van der Waals surface area contributed by atoms with Crippen molar-refractivity contribution < 1.29 is 0 Å². The molecule has 1 N–H and O–H groups in total. The van der Waals surface area contributed by atoms with Gasteiger partial charge in [0.2, 0.25) is 0 Å². The van der Waals surface area contributed by atoms with Crippen LogP contribution in [0.25, 0.3) is 0 Å². The van der Waals surface area contributed by atoms with Gasteiger partial charge in [-0.25, -0.2) is 0 Å². The van der Waals surface area contributed by atoms with Crippen LogP contribution in [0.2, 0.25) is 0 Å². The first-order valence-electron chi connectivity index (χ1n) is 6.47. The Balaban J connectivity index is 2.01. The molecule has 2 atom stereocenters. The molecule has 2 unspecified atom stereocenters. The number of rotatable bonds is 2. The predicted octanol–water partition coefficient (Wildman–Crippen LogP) is 4.92. The summed E-state index contributed by atoms with van der Waals surface area (Å²) in [6.07, 6.45) is 3.94. The first-order valence-corrected chi connectivity index (χ1v) is 7.55. The van der Waals surface area contributed by atoms with E-state index < -0.39 is 0 Å². The first kappa shape index (κ1) is 13.2. The summed E-state index contributed by atoms with van der Waals surface area (Å²) in [5.41, 5.74) is 1.75. The molecule has 0 saturated heterocycles. The molecule has 1 nitrogen and oxygen atoms in total. The van der Waals surface area contributed by atoms with E-state index in [4.69, 9.17) is 0 Å². The molecule has 1 fully saturated rings. The van der Waals surface area contributed by atoms with Gasteiger partial charge < -0.3 is 5.32 Å². The lowest BCUT2D eigenvalue weighted by atomic mass is 9.70. The van der Waals surface area contributed by atoms with E-state index in [0.717, 1.165) is 5.92 Å². The third kappa shape index (κ3) is 3.87. The summed E-state index contributed by atoms with van der Waals surface area (Å²) in [5.74, 6) is 0.833. The standard InChI is InChI=1S/C15H22IN/c1-11-8-14(10-15(2,3)9-11)17-13-6-4-12(16)5-7-13/h4-7,11,14,17H,8-10H2,1-3H3. The minimum Gasteiger partial charge on any atom is -0.382 e. The van der Waals surface area contributed by atoms with Crippen LogP contribution in [0.4, 0.5) is 5.69 Å². The Hall–Kier alpha value is -0.250. The zero-order valence-electron chi connectivity index (χ0n) is 11.0. The molecule has 94 valence electrons. The molecular formula is C15H22IN. The van der Waals surface area contributed by atoms with E-state index in [1.54, 1.807) is 0 Å². The van der Waals surface area contributed by atoms with Crippen molar-refractivity contribution in [2.24, 2.45) is 11.3 Å². The van der Waals surface area contributed by atoms with Crippen LogP contribution in [0.15, 0.2) is 24.3 Å². The number of benzene rings is 1. The lowest BCUT2D eigenvalue weighted by Crippen LogP contribution is -2.35. The molecule has 1 aromatic rings. The van der Waals surface area contributed by atoms with Crippen LogP contribution in [-0.2, 0) is 0 Å². The van der Waals surface area contributed by atoms with Gasteiger partial charge in [0, 0.05) is 15.3 Å². The number of hydrogen-bond acceptors (Lipinski definition) is 1. The highest BCUT2D eigenvalue weighted by atomic mass is 127. The molecule has 0 radical (unpaired) electrons. The van der Waals surface area contributed by atoms with Crippen LogP contribution in [-0.4, -0.2) is 6.04 Å². The fourth-order valence-electron chi connectivity index (χ4n) is 3.24. The summed E-state index contributed by atoms with van der Waals surface area (Å²) in [6.45, 7) is 7.17. The Labute approximate surface area is 119 Å². The lowest BCUT2D eigenvalue weighted by molar-refractivity contribution is 0.178. The van der Waals surface area contributed by atoms with Crippen LogP contribution in [0.1, 0.15) is 40.0 Å². The summed E-state index contributed by atoms with van der Waals surface area (Å²) in [6, 6.07) is 9.34. The SMILES string of the molecule is CC1CC(Nc2ccc(I)cc2)CC(C)(C)C1. The third-order valence-electron chi connectivity index (χ3n) is 3.60. The Morgan fingerprint density at radius 3 is 2.41 bits per heavy atom. The smallest absolute Gasteiger partial charge is 0.0343 e. The van der Waals surface area contributed by atoms with Crippen molar-refractivity contribution >= 4 is 28.3 Å². The van der Waals surface area contributed by atoms with Crippen LogP contribution >= 0.6 is 22.6 Å². The van der Waals surface area contributed by atoms with Crippen LogP contribution in [0.5, 0.6) is 0 Å². The van der Waals surface area contributed by atoms with Gasteiger partial charge in [-0.3, -0.25) is 0 Å². The van der Waals surface area contributed by atoms with E-state index in [0.29, 0.717) is 11.5 Å².